The molecule has 0 aliphatic rings. The highest BCUT2D eigenvalue weighted by molar-refractivity contribution is 6.35. The van der Waals surface area contributed by atoms with E-state index in [0.717, 1.165) is 17.9 Å². The van der Waals surface area contributed by atoms with Crippen LogP contribution in [0.3, 0.4) is 0 Å². The van der Waals surface area contributed by atoms with Crippen molar-refractivity contribution in [3.8, 4) is 5.75 Å². The predicted molar refractivity (Wildman–Crippen MR) is 90.8 cm³/mol. The van der Waals surface area contributed by atoms with Crippen LogP contribution in [0.5, 0.6) is 5.75 Å². The molecule has 0 amide bonds. The number of halogens is 2. The van der Waals surface area contributed by atoms with Gasteiger partial charge in [-0.25, -0.2) is 0 Å². The van der Waals surface area contributed by atoms with Crippen LogP contribution in [0.15, 0.2) is 42.5 Å². The molecule has 0 bridgehead atoms. The van der Waals surface area contributed by atoms with E-state index in [1.54, 1.807) is 6.07 Å². The molecule has 21 heavy (non-hydrogen) atoms. The summed E-state index contributed by atoms with van der Waals surface area (Å²) in [6.45, 7) is 4.86. The summed E-state index contributed by atoms with van der Waals surface area (Å²) in [6.07, 6.45) is 0.999. The van der Waals surface area contributed by atoms with Crippen LogP contribution in [0.1, 0.15) is 18.9 Å². The Balaban J connectivity index is 1.96. The van der Waals surface area contributed by atoms with E-state index in [1.165, 1.54) is 5.56 Å². The lowest BCUT2D eigenvalue weighted by atomic mass is 10.2. The Hall–Kier alpha value is -1.38. The van der Waals surface area contributed by atoms with E-state index in [2.05, 4.69) is 25.2 Å². The first-order chi connectivity index (χ1) is 10.1. The molecule has 2 aromatic rings. The molecule has 0 heterocycles. The smallest absolute Gasteiger partial charge is 0.120 e. The van der Waals surface area contributed by atoms with Gasteiger partial charge in [-0.2, -0.15) is 0 Å². The Morgan fingerprint density at radius 3 is 2.43 bits per heavy atom. The lowest BCUT2D eigenvalue weighted by Gasteiger charge is -2.19. The van der Waals surface area contributed by atoms with Crippen molar-refractivity contribution in [1.29, 1.82) is 0 Å². The predicted octanol–water partition coefficient (Wildman–Crippen LogP) is 5.57. The number of hydrogen-bond donors (Lipinski definition) is 1. The second-order valence-corrected chi connectivity index (χ2v) is 5.88. The molecule has 112 valence electrons. The number of nitrogens with one attached hydrogen (secondary N) is 1. The summed E-state index contributed by atoms with van der Waals surface area (Å²) in [4.78, 5) is 0. The monoisotopic (exact) mass is 323 g/mol. The Morgan fingerprint density at radius 1 is 1.10 bits per heavy atom. The summed E-state index contributed by atoms with van der Waals surface area (Å²) in [5.41, 5.74) is 2.09. The maximum atomic E-state index is 6.00. The summed E-state index contributed by atoms with van der Waals surface area (Å²) in [5.74, 6) is 0.896. The highest BCUT2D eigenvalue weighted by atomic mass is 35.5. The Bertz CT molecular complexity index is 581. The number of anilines is 1. The van der Waals surface area contributed by atoms with E-state index in [1.807, 2.05) is 30.3 Å². The van der Waals surface area contributed by atoms with Crippen LogP contribution in [0.4, 0.5) is 5.69 Å². The fraction of sp³-hybridized carbons (Fsp3) is 0.294. The molecular weight excluding hydrogens is 305 g/mol. The van der Waals surface area contributed by atoms with E-state index >= 15 is 0 Å². The van der Waals surface area contributed by atoms with E-state index < -0.39 is 0 Å². The number of aryl methyl sites for hydroxylation is 1. The van der Waals surface area contributed by atoms with Crippen LogP contribution in [-0.2, 0) is 0 Å². The normalized spacial score (nSPS) is 12.0. The third-order valence-electron chi connectivity index (χ3n) is 3.14. The van der Waals surface area contributed by atoms with Crippen LogP contribution in [0.2, 0.25) is 10.0 Å². The number of benzene rings is 2. The zero-order chi connectivity index (χ0) is 15.2. The SMILES string of the molecule is CCC(CNc1cc(Cl)cc(Cl)c1)Oc1cccc(C)c1. The first kappa shape index (κ1) is 16.0. The molecule has 1 N–H and O–H groups in total. The van der Waals surface area contributed by atoms with Gasteiger partial charge < -0.3 is 10.1 Å². The molecule has 0 spiro atoms. The zero-order valence-electron chi connectivity index (χ0n) is 12.2. The van der Waals surface area contributed by atoms with Gasteiger partial charge in [-0.3, -0.25) is 0 Å². The molecule has 0 aromatic heterocycles. The molecule has 0 radical (unpaired) electrons. The molecule has 1 unspecified atom stereocenters. The molecule has 4 heteroatoms. The zero-order valence-corrected chi connectivity index (χ0v) is 13.7. The molecule has 2 aromatic carbocycles. The largest absolute Gasteiger partial charge is 0.489 e. The highest BCUT2D eigenvalue weighted by Crippen LogP contribution is 2.23. The topological polar surface area (TPSA) is 21.3 Å². The van der Waals surface area contributed by atoms with Crippen molar-refractivity contribution in [3.05, 3.63) is 58.1 Å². The van der Waals surface area contributed by atoms with Crippen molar-refractivity contribution in [2.45, 2.75) is 26.4 Å². The standard InChI is InChI=1S/C17H19Cl2NO/c1-3-16(21-17-6-4-5-12(2)7-17)11-20-15-9-13(18)8-14(19)10-15/h4-10,16,20H,3,11H2,1-2H3. The third-order valence-corrected chi connectivity index (χ3v) is 3.58. The van der Waals surface area contributed by atoms with Crippen molar-refractivity contribution in [2.75, 3.05) is 11.9 Å². The molecule has 2 nitrogen and oxygen atoms in total. The number of ether oxygens (including phenoxy) is 1. The van der Waals surface area contributed by atoms with Gasteiger partial charge in [0, 0.05) is 15.7 Å². The quantitative estimate of drug-likeness (QED) is 0.750. The average Bonchev–Trinajstić information content (AvgIpc) is 2.42. The average molecular weight is 324 g/mol. The van der Waals surface area contributed by atoms with Crippen LogP contribution in [0.25, 0.3) is 0 Å². The van der Waals surface area contributed by atoms with Gasteiger partial charge in [0.05, 0.1) is 6.54 Å². The minimum Gasteiger partial charge on any atom is -0.489 e. The number of hydrogen-bond acceptors (Lipinski definition) is 2. The summed E-state index contributed by atoms with van der Waals surface area (Å²) in [7, 11) is 0. The van der Waals surface area contributed by atoms with Crippen LogP contribution < -0.4 is 10.1 Å². The summed E-state index contributed by atoms with van der Waals surface area (Å²) in [6, 6.07) is 13.5. The molecule has 1 atom stereocenters. The molecular formula is C17H19Cl2NO. The van der Waals surface area contributed by atoms with E-state index in [9.17, 15) is 0 Å². The van der Waals surface area contributed by atoms with Gasteiger partial charge in [0.25, 0.3) is 0 Å². The lowest BCUT2D eigenvalue weighted by Crippen LogP contribution is -2.25. The molecule has 0 fully saturated rings. The number of rotatable bonds is 6. The van der Waals surface area contributed by atoms with Crippen molar-refractivity contribution in [2.24, 2.45) is 0 Å². The third kappa shape index (κ3) is 5.14. The first-order valence-corrected chi connectivity index (χ1v) is 7.75. The maximum Gasteiger partial charge on any atom is 0.120 e. The second kappa shape index (κ2) is 7.58. The van der Waals surface area contributed by atoms with Gasteiger partial charge in [0.1, 0.15) is 11.9 Å². The van der Waals surface area contributed by atoms with E-state index in [4.69, 9.17) is 27.9 Å². The van der Waals surface area contributed by atoms with Gasteiger partial charge in [-0.05, 0) is 49.2 Å². The summed E-state index contributed by atoms with van der Waals surface area (Å²) >= 11 is 12.0. The van der Waals surface area contributed by atoms with Crippen molar-refractivity contribution in [3.63, 3.8) is 0 Å². The molecule has 0 saturated carbocycles. The molecule has 2 rings (SSSR count). The van der Waals surface area contributed by atoms with Crippen molar-refractivity contribution >= 4 is 28.9 Å². The van der Waals surface area contributed by atoms with Crippen molar-refractivity contribution < 1.29 is 4.74 Å². The van der Waals surface area contributed by atoms with Gasteiger partial charge in [0.15, 0.2) is 0 Å². The van der Waals surface area contributed by atoms with Gasteiger partial charge >= 0.3 is 0 Å². The van der Waals surface area contributed by atoms with Crippen LogP contribution in [0, 0.1) is 6.92 Å². The Morgan fingerprint density at radius 2 is 1.81 bits per heavy atom. The van der Waals surface area contributed by atoms with Gasteiger partial charge in [-0.1, -0.05) is 42.3 Å². The summed E-state index contributed by atoms with van der Waals surface area (Å²) in [5, 5.41) is 4.56. The minimum absolute atomic E-state index is 0.0876. The van der Waals surface area contributed by atoms with E-state index in [0.29, 0.717) is 16.6 Å². The molecule has 0 aliphatic heterocycles. The lowest BCUT2D eigenvalue weighted by molar-refractivity contribution is 0.210. The Labute approximate surface area is 136 Å². The molecule has 0 saturated heterocycles. The van der Waals surface area contributed by atoms with Crippen LogP contribution in [-0.4, -0.2) is 12.6 Å². The fourth-order valence-electron chi connectivity index (χ4n) is 2.04. The fourth-order valence-corrected chi connectivity index (χ4v) is 2.56. The van der Waals surface area contributed by atoms with E-state index in [-0.39, 0.29) is 6.10 Å². The second-order valence-electron chi connectivity index (χ2n) is 5.00. The van der Waals surface area contributed by atoms with Gasteiger partial charge in [-0.15, -0.1) is 0 Å². The highest BCUT2D eigenvalue weighted by Gasteiger charge is 2.09. The van der Waals surface area contributed by atoms with Crippen molar-refractivity contribution in [1.82, 2.24) is 0 Å². The van der Waals surface area contributed by atoms with Crippen LogP contribution >= 0.6 is 23.2 Å². The molecule has 0 aliphatic carbocycles. The van der Waals surface area contributed by atoms with Gasteiger partial charge in [0.2, 0.25) is 0 Å². The maximum absolute atomic E-state index is 6.00. The first-order valence-electron chi connectivity index (χ1n) is 7.00. The minimum atomic E-state index is 0.0876. The Kier molecular flexibility index (Phi) is 5.77. The summed E-state index contributed by atoms with van der Waals surface area (Å²) < 4.78 is 6.00.